The fourth-order valence-corrected chi connectivity index (χ4v) is 1.68. The molecule has 8 nitrogen and oxygen atoms in total. The number of rotatable bonds is 7. The number of benzene rings is 1. The number of carbonyl (C=O) groups is 3. The van der Waals surface area contributed by atoms with Crippen LogP contribution in [0, 0.1) is 0 Å². The van der Waals surface area contributed by atoms with Gasteiger partial charge in [-0.25, -0.2) is 5.43 Å². The molecule has 1 rings (SSSR count). The molecule has 0 spiro atoms. The molecule has 130 valence electrons. The molecule has 24 heavy (non-hydrogen) atoms. The molecule has 0 bridgehead atoms. The molecule has 1 atom stereocenters. The summed E-state index contributed by atoms with van der Waals surface area (Å²) in [6.45, 7) is 3.35. The number of carbonyl (C=O) groups excluding carboxylic acids is 3. The van der Waals surface area contributed by atoms with Crippen LogP contribution >= 0.6 is 11.6 Å². The summed E-state index contributed by atoms with van der Waals surface area (Å²) in [7, 11) is 0. The van der Waals surface area contributed by atoms with E-state index in [1.54, 1.807) is 13.0 Å². The molecule has 1 aromatic carbocycles. The van der Waals surface area contributed by atoms with Gasteiger partial charge in [0.25, 0.3) is 5.91 Å². The molecule has 0 saturated carbocycles. The number of primary amides is 1. The van der Waals surface area contributed by atoms with Gasteiger partial charge in [-0.2, -0.15) is 5.10 Å². The number of hydrogen-bond donors (Lipinski definition) is 3. The zero-order valence-corrected chi connectivity index (χ0v) is 14.1. The third-order valence-corrected chi connectivity index (χ3v) is 3.14. The lowest BCUT2D eigenvalue weighted by atomic mass is 10.2. The number of halogens is 1. The lowest BCUT2D eigenvalue weighted by Gasteiger charge is -2.10. The topological polar surface area (TPSA) is 123 Å². The predicted molar refractivity (Wildman–Crippen MR) is 89.8 cm³/mol. The zero-order chi connectivity index (χ0) is 18.1. The minimum atomic E-state index is -0.895. The lowest BCUT2D eigenvalue weighted by molar-refractivity contribution is -0.139. The SMILES string of the molecule is CC[C@H](C)NC(=O)C(=O)N/N=C\c1cc(Cl)ccc1OCC(N)=O. The predicted octanol–water partition coefficient (Wildman–Crippen LogP) is 0.569. The van der Waals surface area contributed by atoms with E-state index in [-0.39, 0.29) is 12.6 Å². The van der Waals surface area contributed by atoms with Crippen LogP contribution in [0.3, 0.4) is 0 Å². The Hall–Kier alpha value is -2.61. The molecular weight excluding hydrogens is 336 g/mol. The molecular formula is C15H19ClN4O4. The maximum atomic E-state index is 11.6. The Kier molecular flexibility index (Phi) is 7.70. The van der Waals surface area contributed by atoms with Crippen molar-refractivity contribution in [2.24, 2.45) is 10.8 Å². The van der Waals surface area contributed by atoms with E-state index in [0.29, 0.717) is 22.8 Å². The fraction of sp³-hybridized carbons (Fsp3) is 0.333. The minimum absolute atomic E-state index is 0.117. The summed E-state index contributed by atoms with van der Waals surface area (Å²) < 4.78 is 5.21. The number of nitrogens with one attached hydrogen (secondary N) is 2. The van der Waals surface area contributed by atoms with Gasteiger partial charge in [0.2, 0.25) is 0 Å². The maximum absolute atomic E-state index is 11.6. The van der Waals surface area contributed by atoms with E-state index < -0.39 is 17.7 Å². The van der Waals surface area contributed by atoms with Gasteiger partial charge in [-0.1, -0.05) is 18.5 Å². The Bertz CT molecular complexity index is 648. The Morgan fingerprint density at radius 3 is 2.71 bits per heavy atom. The minimum Gasteiger partial charge on any atom is -0.483 e. The van der Waals surface area contributed by atoms with Crippen LogP contribution in [0.2, 0.25) is 5.02 Å². The van der Waals surface area contributed by atoms with Crippen LogP contribution in [0.4, 0.5) is 0 Å². The summed E-state index contributed by atoms with van der Waals surface area (Å²) in [6.07, 6.45) is 1.95. The second-order valence-electron chi connectivity index (χ2n) is 4.92. The smallest absolute Gasteiger partial charge is 0.329 e. The van der Waals surface area contributed by atoms with Crippen molar-refractivity contribution in [3.05, 3.63) is 28.8 Å². The highest BCUT2D eigenvalue weighted by atomic mass is 35.5. The first-order valence-corrected chi connectivity index (χ1v) is 7.55. The number of hydrogen-bond acceptors (Lipinski definition) is 5. The Morgan fingerprint density at radius 2 is 2.08 bits per heavy atom. The van der Waals surface area contributed by atoms with E-state index in [4.69, 9.17) is 22.1 Å². The second-order valence-corrected chi connectivity index (χ2v) is 5.36. The maximum Gasteiger partial charge on any atom is 0.329 e. The largest absolute Gasteiger partial charge is 0.483 e. The molecule has 0 heterocycles. The first-order valence-electron chi connectivity index (χ1n) is 7.18. The van der Waals surface area contributed by atoms with Crippen LogP contribution in [-0.2, 0) is 14.4 Å². The van der Waals surface area contributed by atoms with Gasteiger partial charge in [0, 0.05) is 16.6 Å². The third kappa shape index (κ3) is 6.66. The second kappa shape index (κ2) is 9.51. The van der Waals surface area contributed by atoms with Gasteiger partial charge in [-0.05, 0) is 31.5 Å². The highest BCUT2D eigenvalue weighted by molar-refractivity contribution is 6.35. The van der Waals surface area contributed by atoms with Crippen LogP contribution in [0.5, 0.6) is 5.75 Å². The van der Waals surface area contributed by atoms with E-state index in [0.717, 1.165) is 0 Å². The molecule has 0 aliphatic heterocycles. The Morgan fingerprint density at radius 1 is 1.38 bits per heavy atom. The van der Waals surface area contributed by atoms with Crippen molar-refractivity contribution in [2.45, 2.75) is 26.3 Å². The van der Waals surface area contributed by atoms with Crippen molar-refractivity contribution < 1.29 is 19.1 Å². The van der Waals surface area contributed by atoms with Crippen molar-refractivity contribution in [3.8, 4) is 5.75 Å². The average molecular weight is 355 g/mol. The van der Waals surface area contributed by atoms with E-state index in [1.807, 2.05) is 6.92 Å². The highest BCUT2D eigenvalue weighted by Crippen LogP contribution is 2.21. The van der Waals surface area contributed by atoms with Gasteiger partial charge >= 0.3 is 11.8 Å². The molecule has 0 unspecified atom stereocenters. The van der Waals surface area contributed by atoms with Crippen LogP contribution in [0.15, 0.2) is 23.3 Å². The fourth-order valence-electron chi connectivity index (χ4n) is 1.50. The number of nitrogens with zero attached hydrogens (tertiary/aromatic N) is 1. The van der Waals surface area contributed by atoms with Crippen molar-refractivity contribution in [2.75, 3.05) is 6.61 Å². The highest BCUT2D eigenvalue weighted by Gasteiger charge is 2.14. The van der Waals surface area contributed by atoms with E-state index >= 15 is 0 Å². The molecule has 0 aromatic heterocycles. The first-order chi connectivity index (χ1) is 11.3. The van der Waals surface area contributed by atoms with Crippen molar-refractivity contribution in [1.29, 1.82) is 0 Å². The monoisotopic (exact) mass is 354 g/mol. The van der Waals surface area contributed by atoms with Crippen LogP contribution in [-0.4, -0.2) is 36.6 Å². The number of nitrogens with two attached hydrogens (primary N) is 1. The van der Waals surface area contributed by atoms with Crippen molar-refractivity contribution >= 4 is 35.5 Å². The standard InChI is InChI=1S/C15H19ClN4O4/c1-3-9(2)19-14(22)15(23)20-18-7-10-6-11(16)4-5-12(10)24-8-13(17)21/h4-7,9H,3,8H2,1-2H3,(H2,17,21)(H,19,22)(H,20,23)/b18-7-/t9-/m0/s1. The summed E-state index contributed by atoms with van der Waals surface area (Å²) in [5.74, 6) is -2.01. The quantitative estimate of drug-likeness (QED) is 0.376. The summed E-state index contributed by atoms with van der Waals surface area (Å²) in [6, 6.07) is 4.50. The van der Waals surface area contributed by atoms with Crippen LogP contribution in [0.1, 0.15) is 25.8 Å². The third-order valence-electron chi connectivity index (χ3n) is 2.91. The Labute approximate surface area is 144 Å². The van der Waals surface area contributed by atoms with Gasteiger partial charge in [0.1, 0.15) is 5.75 Å². The van der Waals surface area contributed by atoms with E-state index in [2.05, 4.69) is 15.8 Å². The first kappa shape index (κ1) is 19.4. The molecule has 0 saturated heterocycles. The average Bonchev–Trinajstić information content (AvgIpc) is 2.53. The summed E-state index contributed by atoms with van der Waals surface area (Å²) in [4.78, 5) is 33.9. The molecule has 4 N–H and O–H groups in total. The van der Waals surface area contributed by atoms with Gasteiger partial charge in [-0.3, -0.25) is 14.4 Å². The molecule has 0 aliphatic rings. The molecule has 3 amide bonds. The lowest BCUT2D eigenvalue weighted by Crippen LogP contribution is -2.41. The van der Waals surface area contributed by atoms with Crippen LogP contribution in [0.25, 0.3) is 0 Å². The summed E-state index contributed by atoms with van der Waals surface area (Å²) in [5, 5.41) is 6.60. The van der Waals surface area contributed by atoms with Crippen molar-refractivity contribution in [1.82, 2.24) is 10.7 Å². The summed E-state index contributed by atoms with van der Waals surface area (Å²) >= 11 is 5.88. The number of amides is 3. The number of hydrazone groups is 1. The normalized spacial score (nSPS) is 11.8. The Balaban J connectivity index is 2.72. The van der Waals surface area contributed by atoms with Crippen molar-refractivity contribution in [3.63, 3.8) is 0 Å². The zero-order valence-electron chi connectivity index (χ0n) is 13.3. The van der Waals surface area contributed by atoms with Gasteiger partial charge in [-0.15, -0.1) is 0 Å². The summed E-state index contributed by atoms with van der Waals surface area (Å²) in [5.41, 5.74) is 7.53. The van der Waals surface area contributed by atoms with Gasteiger partial charge < -0.3 is 15.8 Å². The van der Waals surface area contributed by atoms with Gasteiger partial charge in [0.05, 0.1) is 6.21 Å². The molecule has 0 radical (unpaired) electrons. The van der Waals surface area contributed by atoms with E-state index in [1.165, 1.54) is 18.3 Å². The number of ether oxygens (including phenoxy) is 1. The van der Waals surface area contributed by atoms with Crippen LogP contribution < -0.4 is 21.2 Å². The van der Waals surface area contributed by atoms with E-state index in [9.17, 15) is 14.4 Å². The molecule has 0 aliphatic carbocycles. The van der Waals surface area contributed by atoms with Gasteiger partial charge in [0.15, 0.2) is 6.61 Å². The molecule has 1 aromatic rings. The molecule has 9 heteroatoms. The molecule has 0 fully saturated rings.